The zero-order valence-corrected chi connectivity index (χ0v) is 14.2. The van der Waals surface area contributed by atoms with Crippen LogP contribution in [0.1, 0.15) is 36.8 Å². The Balaban J connectivity index is 0.00000288. The number of nitrogens with zero attached hydrogens (tertiary/aromatic N) is 1. The van der Waals surface area contributed by atoms with Crippen LogP contribution in [0.3, 0.4) is 0 Å². The van der Waals surface area contributed by atoms with Crippen LogP contribution < -0.4 is 0 Å². The predicted octanol–water partition coefficient (Wildman–Crippen LogP) is 4.25. The van der Waals surface area contributed by atoms with Gasteiger partial charge in [-0.05, 0) is 56.3 Å². The van der Waals surface area contributed by atoms with Gasteiger partial charge in [0.1, 0.15) is 0 Å². The summed E-state index contributed by atoms with van der Waals surface area (Å²) in [5.41, 5.74) is -0.160. The molecule has 0 aliphatic carbocycles. The highest BCUT2D eigenvalue weighted by atomic mass is 35.5. The van der Waals surface area contributed by atoms with E-state index in [1.54, 1.807) is 12.1 Å². The lowest BCUT2D eigenvalue weighted by Crippen LogP contribution is -2.35. The fourth-order valence-electron chi connectivity index (χ4n) is 3.13. The maximum atomic E-state index is 13.0. The van der Waals surface area contributed by atoms with Crippen LogP contribution in [-0.2, 0) is 17.4 Å². The summed E-state index contributed by atoms with van der Waals surface area (Å²) in [5, 5.41) is 8.68. The number of aliphatic carboxylic acids is 1. The first-order chi connectivity index (χ1) is 10.9. The van der Waals surface area contributed by atoms with Gasteiger partial charge < -0.3 is 10.0 Å². The normalized spacial score (nSPS) is 16.6. The predicted molar refractivity (Wildman–Crippen MR) is 88.4 cm³/mol. The third-order valence-corrected chi connectivity index (χ3v) is 4.49. The number of piperidine rings is 1. The maximum absolute atomic E-state index is 13.0. The van der Waals surface area contributed by atoms with Gasteiger partial charge in [0.15, 0.2) is 0 Å². The van der Waals surface area contributed by atoms with E-state index in [9.17, 15) is 18.0 Å². The third kappa shape index (κ3) is 6.32. The van der Waals surface area contributed by atoms with Gasteiger partial charge in [-0.1, -0.05) is 18.2 Å². The first-order valence-electron chi connectivity index (χ1n) is 7.95. The van der Waals surface area contributed by atoms with Gasteiger partial charge in [-0.2, -0.15) is 13.2 Å². The average molecular weight is 366 g/mol. The molecule has 7 heteroatoms. The molecule has 0 bridgehead atoms. The van der Waals surface area contributed by atoms with Crippen LogP contribution in [0.5, 0.6) is 0 Å². The van der Waals surface area contributed by atoms with E-state index in [-0.39, 0.29) is 18.8 Å². The Hall–Kier alpha value is -1.27. The second kappa shape index (κ2) is 9.28. The van der Waals surface area contributed by atoms with E-state index in [0.717, 1.165) is 38.4 Å². The van der Waals surface area contributed by atoms with Gasteiger partial charge in [-0.3, -0.25) is 4.79 Å². The molecule has 1 heterocycles. The van der Waals surface area contributed by atoms with Crippen LogP contribution in [0.25, 0.3) is 0 Å². The smallest absolute Gasteiger partial charge is 0.416 e. The maximum Gasteiger partial charge on any atom is 0.416 e. The van der Waals surface area contributed by atoms with Crippen molar-refractivity contribution >= 4 is 18.4 Å². The van der Waals surface area contributed by atoms with Gasteiger partial charge in [-0.25, -0.2) is 0 Å². The van der Waals surface area contributed by atoms with E-state index >= 15 is 0 Å². The minimum absolute atomic E-state index is 0. The highest BCUT2D eigenvalue weighted by Crippen LogP contribution is 2.33. The minimum atomic E-state index is -4.29. The standard InChI is InChI=1S/C17H22F3NO2.ClH/c18-17(19,20)15-4-2-1-3-14(15)6-5-13-7-10-21(11-8-13)12-9-16(22)23;/h1-4,13H,5-12H2,(H,22,23);1H. The number of rotatable bonds is 6. The average Bonchev–Trinajstić information content (AvgIpc) is 2.51. The van der Waals surface area contributed by atoms with E-state index in [1.165, 1.54) is 6.07 Å². The summed E-state index contributed by atoms with van der Waals surface area (Å²) in [5.74, 6) is -0.381. The summed E-state index contributed by atoms with van der Waals surface area (Å²) in [4.78, 5) is 12.7. The monoisotopic (exact) mass is 365 g/mol. The molecule has 1 aliphatic heterocycles. The number of likely N-dealkylation sites (tertiary alicyclic amines) is 1. The molecule has 1 aromatic rings. The second-order valence-electron chi connectivity index (χ2n) is 6.12. The molecular weight excluding hydrogens is 343 g/mol. The molecule has 24 heavy (non-hydrogen) atoms. The highest BCUT2D eigenvalue weighted by Gasteiger charge is 2.32. The number of carbonyl (C=O) groups is 1. The van der Waals surface area contributed by atoms with Gasteiger partial charge in [0, 0.05) is 6.54 Å². The number of hydrogen-bond donors (Lipinski definition) is 1. The van der Waals surface area contributed by atoms with Crippen LogP contribution in [0.4, 0.5) is 13.2 Å². The molecule has 1 saturated heterocycles. The van der Waals surface area contributed by atoms with Gasteiger partial charge in [-0.15, -0.1) is 12.4 Å². The lowest BCUT2D eigenvalue weighted by molar-refractivity contribution is -0.138. The summed E-state index contributed by atoms with van der Waals surface area (Å²) >= 11 is 0. The molecule has 0 spiro atoms. The van der Waals surface area contributed by atoms with Crippen LogP contribution in [0.15, 0.2) is 24.3 Å². The Bertz CT molecular complexity index is 529. The highest BCUT2D eigenvalue weighted by molar-refractivity contribution is 5.85. The van der Waals surface area contributed by atoms with Crippen molar-refractivity contribution in [2.24, 2.45) is 5.92 Å². The number of alkyl halides is 3. The molecule has 1 aromatic carbocycles. The Morgan fingerprint density at radius 2 is 1.83 bits per heavy atom. The fourth-order valence-corrected chi connectivity index (χ4v) is 3.13. The number of aryl methyl sites for hydroxylation is 1. The Morgan fingerprint density at radius 3 is 2.42 bits per heavy atom. The first-order valence-corrected chi connectivity index (χ1v) is 7.95. The largest absolute Gasteiger partial charge is 0.481 e. The summed E-state index contributed by atoms with van der Waals surface area (Å²) in [7, 11) is 0. The molecule has 0 saturated carbocycles. The molecule has 0 unspecified atom stereocenters. The van der Waals surface area contributed by atoms with Crippen molar-refractivity contribution in [2.45, 2.75) is 38.3 Å². The van der Waals surface area contributed by atoms with Crippen molar-refractivity contribution in [3.05, 3.63) is 35.4 Å². The van der Waals surface area contributed by atoms with E-state index < -0.39 is 17.7 Å². The van der Waals surface area contributed by atoms with Crippen molar-refractivity contribution < 1.29 is 23.1 Å². The SMILES string of the molecule is Cl.O=C(O)CCN1CCC(CCc2ccccc2C(F)(F)F)CC1. The zero-order valence-electron chi connectivity index (χ0n) is 13.4. The molecule has 1 N–H and O–H groups in total. The summed E-state index contributed by atoms with van der Waals surface area (Å²) < 4.78 is 38.9. The van der Waals surface area contributed by atoms with Crippen LogP contribution in [0.2, 0.25) is 0 Å². The van der Waals surface area contributed by atoms with Gasteiger partial charge in [0.05, 0.1) is 12.0 Å². The lowest BCUT2D eigenvalue weighted by Gasteiger charge is -2.31. The van der Waals surface area contributed by atoms with Crippen molar-refractivity contribution in [1.82, 2.24) is 4.90 Å². The Morgan fingerprint density at radius 1 is 1.21 bits per heavy atom. The fraction of sp³-hybridized carbons (Fsp3) is 0.588. The van der Waals surface area contributed by atoms with Crippen LogP contribution in [0, 0.1) is 5.92 Å². The zero-order chi connectivity index (χ0) is 16.9. The van der Waals surface area contributed by atoms with Gasteiger partial charge in [0.25, 0.3) is 0 Å². The molecule has 0 amide bonds. The Labute approximate surface area is 146 Å². The Kier molecular flexibility index (Phi) is 8.03. The van der Waals surface area contributed by atoms with E-state index in [0.29, 0.717) is 24.4 Å². The molecule has 0 radical (unpaired) electrons. The summed E-state index contributed by atoms with van der Waals surface area (Å²) in [6.07, 6.45) is -1.11. The number of benzene rings is 1. The van der Waals surface area contributed by atoms with Crippen molar-refractivity contribution in [3.8, 4) is 0 Å². The van der Waals surface area contributed by atoms with E-state index in [4.69, 9.17) is 5.11 Å². The van der Waals surface area contributed by atoms with Crippen molar-refractivity contribution in [3.63, 3.8) is 0 Å². The van der Waals surface area contributed by atoms with Crippen molar-refractivity contribution in [1.29, 1.82) is 0 Å². The number of carboxylic acid groups (broad SMARTS) is 1. The van der Waals surface area contributed by atoms with Crippen LogP contribution >= 0.6 is 12.4 Å². The molecule has 3 nitrogen and oxygen atoms in total. The quantitative estimate of drug-likeness (QED) is 0.819. The van der Waals surface area contributed by atoms with Gasteiger partial charge in [0.2, 0.25) is 0 Å². The third-order valence-electron chi connectivity index (χ3n) is 4.49. The van der Waals surface area contributed by atoms with E-state index in [1.807, 2.05) is 0 Å². The topological polar surface area (TPSA) is 40.5 Å². The minimum Gasteiger partial charge on any atom is -0.481 e. The number of halogens is 4. The molecule has 1 fully saturated rings. The second-order valence-corrected chi connectivity index (χ2v) is 6.12. The number of hydrogen-bond acceptors (Lipinski definition) is 2. The van der Waals surface area contributed by atoms with Gasteiger partial charge >= 0.3 is 12.1 Å². The molecule has 136 valence electrons. The molecular formula is C17H23ClF3NO2. The molecule has 0 aromatic heterocycles. The van der Waals surface area contributed by atoms with E-state index in [2.05, 4.69) is 4.90 Å². The number of carboxylic acids is 1. The molecule has 2 rings (SSSR count). The first kappa shape index (κ1) is 20.8. The molecule has 1 aliphatic rings. The lowest BCUT2D eigenvalue weighted by atomic mass is 9.89. The summed E-state index contributed by atoms with van der Waals surface area (Å²) in [6.45, 7) is 2.22. The van der Waals surface area contributed by atoms with Crippen molar-refractivity contribution in [2.75, 3.05) is 19.6 Å². The summed E-state index contributed by atoms with van der Waals surface area (Å²) in [6, 6.07) is 5.78. The van der Waals surface area contributed by atoms with Crippen LogP contribution in [-0.4, -0.2) is 35.6 Å². The molecule has 0 atom stereocenters.